The Bertz CT molecular complexity index is 1670. The second-order valence-corrected chi connectivity index (χ2v) is 11.1. The first-order chi connectivity index (χ1) is 18.2. The monoisotopic (exact) mass is 528 g/mol. The number of amides is 1. The molecule has 1 aromatic heterocycles. The lowest BCUT2D eigenvalue weighted by Crippen LogP contribution is -2.18. The van der Waals surface area contributed by atoms with Crippen molar-refractivity contribution in [2.75, 3.05) is 10.0 Å². The van der Waals surface area contributed by atoms with Gasteiger partial charge in [-0.25, -0.2) is 18.1 Å². The summed E-state index contributed by atoms with van der Waals surface area (Å²) in [5, 5.41) is 2.78. The molecule has 1 aliphatic heterocycles. The summed E-state index contributed by atoms with van der Waals surface area (Å²) < 4.78 is 35.6. The number of nitrogens with zero attached hydrogens (tertiary/aromatic N) is 2. The minimum absolute atomic E-state index is 0.0346. The van der Waals surface area contributed by atoms with Crippen LogP contribution in [0.4, 0.5) is 11.6 Å². The fourth-order valence-corrected chi connectivity index (χ4v) is 5.53. The maximum atomic E-state index is 13.4. The smallest absolute Gasteiger partial charge is 0.264 e. The molecular weight excluding hydrogens is 500 g/mol. The van der Waals surface area contributed by atoms with Gasteiger partial charge in [-0.1, -0.05) is 57.2 Å². The number of carbonyl (C=O) groups excluding carboxylic acids is 1. The van der Waals surface area contributed by atoms with E-state index in [0.717, 1.165) is 16.7 Å². The summed E-state index contributed by atoms with van der Waals surface area (Å²) in [5.74, 6) is 0.381. The molecule has 8 nitrogen and oxygen atoms in total. The number of nitrogens with one attached hydrogen (secondary N) is 2. The van der Waals surface area contributed by atoms with Gasteiger partial charge in [-0.2, -0.15) is 4.98 Å². The Morgan fingerprint density at radius 3 is 2.45 bits per heavy atom. The van der Waals surface area contributed by atoms with Crippen molar-refractivity contribution in [3.8, 4) is 22.9 Å². The molecule has 1 aliphatic rings. The molecule has 2 N–H and O–H groups in total. The number of fused-ring (bicyclic) bond motifs is 6. The maximum absolute atomic E-state index is 13.4. The fourth-order valence-electron chi connectivity index (χ4n) is 4.54. The van der Waals surface area contributed by atoms with Crippen LogP contribution in [-0.4, -0.2) is 24.3 Å². The lowest BCUT2D eigenvalue weighted by Gasteiger charge is -2.20. The molecule has 0 aliphatic carbocycles. The molecule has 6 bridgehead atoms. The third kappa shape index (κ3) is 4.72. The Balaban J connectivity index is 1.81. The van der Waals surface area contributed by atoms with Crippen LogP contribution in [0, 0.1) is 6.92 Å². The molecule has 0 fully saturated rings. The van der Waals surface area contributed by atoms with Crippen LogP contribution in [0.15, 0.2) is 71.6 Å². The van der Waals surface area contributed by atoms with Gasteiger partial charge in [0.05, 0.1) is 10.6 Å². The van der Waals surface area contributed by atoms with Gasteiger partial charge in [0, 0.05) is 27.9 Å². The summed E-state index contributed by atoms with van der Waals surface area (Å²) in [7, 11) is -4.08. The van der Waals surface area contributed by atoms with Crippen LogP contribution >= 0.6 is 0 Å². The number of benzene rings is 3. The van der Waals surface area contributed by atoms with E-state index in [9.17, 15) is 13.2 Å². The highest BCUT2D eigenvalue weighted by atomic mass is 32.2. The van der Waals surface area contributed by atoms with Crippen LogP contribution in [0.2, 0.25) is 0 Å². The number of rotatable bonds is 3. The Labute approximate surface area is 222 Å². The van der Waals surface area contributed by atoms with E-state index >= 15 is 0 Å². The van der Waals surface area contributed by atoms with Gasteiger partial charge in [0.25, 0.3) is 15.9 Å². The SMILES string of the molecule is CCc1c2nc(nc1-c1ccccc1C(C)C)NS(=O)(=O)c1cccc(c1)NC(=O)c1cccc(c1C)O2. The van der Waals surface area contributed by atoms with Crippen LogP contribution in [0.5, 0.6) is 11.6 Å². The molecule has 0 spiro atoms. The van der Waals surface area contributed by atoms with Crippen molar-refractivity contribution in [1.82, 2.24) is 9.97 Å². The summed E-state index contributed by atoms with van der Waals surface area (Å²) >= 11 is 0. The van der Waals surface area contributed by atoms with Crippen LogP contribution in [0.3, 0.4) is 0 Å². The average molecular weight is 529 g/mol. The molecule has 9 heteroatoms. The predicted molar refractivity (Wildman–Crippen MR) is 147 cm³/mol. The van der Waals surface area contributed by atoms with E-state index in [-0.39, 0.29) is 28.5 Å². The van der Waals surface area contributed by atoms with E-state index in [2.05, 4.69) is 28.9 Å². The minimum atomic E-state index is -4.08. The number of aromatic nitrogens is 2. The molecule has 0 atom stereocenters. The zero-order valence-corrected chi connectivity index (χ0v) is 22.4. The first kappa shape index (κ1) is 25.4. The molecule has 38 heavy (non-hydrogen) atoms. The van der Waals surface area contributed by atoms with E-state index in [1.54, 1.807) is 37.3 Å². The van der Waals surface area contributed by atoms with Gasteiger partial charge >= 0.3 is 0 Å². The fraction of sp³-hybridized carbons (Fsp3) is 0.207. The number of anilines is 2. The van der Waals surface area contributed by atoms with Crippen LogP contribution < -0.4 is 14.8 Å². The molecule has 0 saturated heterocycles. The molecule has 1 amide bonds. The molecule has 4 aromatic rings. The van der Waals surface area contributed by atoms with Crippen molar-refractivity contribution in [3.63, 3.8) is 0 Å². The van der Waals surface area contributed by atoms with E-state index in [0.29, 0.717) is 34.7 Å². The molecule has 194 valence electrons. The van der Waals surface area contributed by atoms with Crippen LogP contribution in [0.1, 0.15) is 53.7 Å². The highest BCUT2D eigenvalue weighted by Gasteiger charge is 2.24. The average Bonchev–Trinajstić information content (AvgIpc) is 2.89. The number of hydrogen-bond donors (Lipinski definition) is 2. The lowest BCUT2D eigenvalue weighted by molar-refractivity contribution is 0.102. The normalized spacial score (nSPS) is 14.2. The van der Waals surface area contributed by atoms with Crippen molar-refractivity contribution >= 4 is 27.6 Å². The molecular formula is C29H28N4O4S. The summed E-state index contributed by atoms with van der Waals surface area (Å²) in [6.07, 6.45) is 0.533. The van der Waals surface area contributed by atoms with Crippen molar-refractivity contribution in [2.45, 2.75) is 44.9 Å². The zero-order chi connectivity index (χ0) is 27.0. The van der Waals surface area contributed by atoms with E-state index in [1.165, 1.54) is 12.1 Å². The Morgan fingerprint density at radius 1 is 0.947 bits per heavy atom. The van der Waals surface area contributed by atoms with E-state index < -0.39 is 10.0 Å². The summed E-state index contributed by atoms with van der Waals surface area (Å²) in [6.45, 7) is 7.96. The number of sulfonamides is 1. The van der Waals surface area contributed by atoms with Gasteiger partial charge in [-0.15, -0.1) is 0 Å². The van der Waals surface area contributed by atoms with Crippen LogP contribution in [0.25, 0.3) is 11.3 Å². The molecule has 0 unspecified atom stereocenters. The molecule has 3 aromatic carbocycles. The Kier molecular flexibility index (Phi) is 6.62. The number of ether oxygens (including phenoxy) is 1. The van der Waals surface area contributed by atoms with Gasteiger partial charge in [0.2, 0.25) is 11.8 Å². The molecule has 5 rings (SSSR count). The summed E-state index contributed by atoms with van der Waals surface area (Å²) in [5.41, 5.74) is 4.64. The van der Waals surface area contributed by atoms with Gasteiger partial charge in [-0.05, 0) is 55.2 Å². The highest BCUT2D eigenvalue weighted by Crippen LogP contribution is 2.37. The minimum Gasteiger partial charge on any atom is -0.438 e. The second-order valence-electron chi connectivity index (χ2n) is 9.39. The topological polar surface area (TPSA) is 110 Å². The van der Waals surface area contributed by atoms with E-state index in [1.807, 2.05) is 31.2 Å². The third-order valence-corrected chi connectivity index (χ3v) is 7.85. The van der Waals surface area contributed by atoms with Crippen LogP contribution in [-0.2, 0) is 16.4 Å². The quantitative estimate of drug-likeness (QED) is 0.323. The van der Waals surface area contributed by atoms with Crippen molar-refractivity contribution < 1.29 is 17.9 Å². The zero-order valence-electron chi connectivity index (χ0n) is 21.6. The largest absolute Gasteiger partial charge is 0.438 e. The first-order valence-electron chi connectivity index (χ1n) is 12.4. The number of hydrogen-bond acceptors (Lipinski definition) is 6. The molecule has 0 radical (unpaired) electrons. The standard InChI is InChI=1S/C29H28N4O4S/c1-5-21-26(24-13-7-6-12-22(24)17(2)3)31-29-32-28(21)37-25-15-9-14-23(18(25)4)27(34)30-19-10-8-11-20(16-19)38(35,36)33-29/h6-17H,5H2,1-4H3,(H,30,34)(H,31,32,33). The van der Waals surface area contributed by atoms with E-state index in [4.69, 9.17) is 9.72 Å². The third-order valence-electron chi connectivity index (χ3n) is 6.52. The lowest BCUT2D eigenvalue weighted by atomic mass is 9.93. The van der Waals surface area contributed by atoms with Crippen molar-refractivity contribution in [3.05, 3.63) is 89.0 Å². The first-order valence-corrected chi connectivity index (χ1v) is 13.9. The Hall–Kier alpha value is -4.24. The van der Waals surface area contributed by atoms with Gasteiger partial charge in [0.15, 0.2) is 0 Å². The van der Waals surface area contributed by atoms with Crippen molar-refractivity contribution in [2.24, 2.45) is 0 Å². The summed E-state index contributed by atoms with van der Waals surface area (Å²) in [4.78, 5) is 22.3. The molecule has 2 heterocycles. The number of carbonyl (C=O) groups is 1. The van der Waals surface area contributed by atoms with Gasteiger partial charge in [-0.3, -0.25) is 4.79 Å². The predicted octanol–water partition coefficient (Wildman–Crippen LogP) is 6.30. The molecule has 0 saturated carbocycles. The van der Waals surface area contributed by atoms with Gasteiger partial charge < -0.3 is 10.1 Å². The maximum Gasteiger partial charge on any atom is 0.264 e. The van der Waals surface area contributed by atoms with Crippen molar-refractivity contribution in [1.29, 1.82) is 0 Å². The summed E-state index contributed by atoms with van der Waals surface area (Å²) in [6, 6.07) is 19.1. The highest BCUT2D eigenvalue weighted by molar-refractivity contribution is 7.92. The van der Waals surface area contributed by atoms with Gasteiger partial charge in [0.1, 0.15) is 5.75 Å². The Morgan fingerprint density at radius 2 is 1.68 bits per heavy atom. The second kappa shape index (κ2) is 9.90.